The largest absolute Gasteiger partial charge is 0.507 e. The molecule has 0 bridgehead atoms. The van der Waals surface area contributed by atoms with Crippen molar-refractivity contribution in [1.29, 1.82) is 0 Å². The van der Waals surface area contributed by atoms with E-state index >= 15 is 0 Å². The molecule has 5 nitrogen and oxygen atoms in total. The summed E-state index contributed by atoms with van der Waals surface area (Å²) in [5.74, 6) is -1.22. The van der Waals surface area contributed by atoms with Crippen LogP contribution in [-0.4, -0.2) is 16.8 Å². The second-order valence-electron chi connectivity index (χ2n) is 8.91. The lowest BCUT2D eigenvalue weighted by molar-refractivity contribution is -0.132. The Bertz CT molecular complexity index is 1540. The predicted molar refractivity (Wildman–Crippen MR) is 140 cm³/mol. The number of anilines is 1. The van der Waals surface area contributed by atoms with Gasteiger partial charge in [0.2, 0.25) is 0 Å². The highest BCUT2D eigenvalue weighted by atomic mass is 19.1. The zero-order valence-corrected chi connectivity index (χ0v) is 20.3. The Morgan fingerprint density at radius 2 is 1.51 bits per heavy atom. The van der Waals surface area contributed by atoms with Gasteiger partial charge in [0.15, 0.2) is 0 Å². The van der Waals surface area contributed by atoms with Gasteiger partial charge in [0.25, 0.3) is 11.7 Å². The van der Waals surface area contributed by atoms with Crippen LogP contribution in [0.5, 0.6) is 11.5 Å². The van der Waals surface area contributed by atoms with E-state index in [1.54, 1.807) is 43.3 Å². The fourth-order valence-corrected chi connectivity index (χ4v) is 4.55. The topological polar surface area (TPSA) is 66.8 Å². The van der Waals surface area contributed by atoms with Crippen LogP contribution in [0.2, 0.25) is 0 Å². The minimum Gasteiger partial charge on any atom is -0.507 e. The smallest absolute Gasteiger partial charge is 0.300 e. The minimum atomic E-state index is -0.925. The van der Waals surface area contributed by atoms with Gasteiger partial charge >= 0.3 is 0 Å². The molecule has 1 N–H and O–H groups in total. The molecule has 0 aromatic heterocycles. The third-order valence-electron chi connectivity index (χ3n) is 6.40. The van der Waals surface area contributed by atoms with Crippen molar-refractivity contribution in [3.8, 4) is 11.5 Å². The number of ketones is 1. The number of carbonyl (C=O) groups is 2. The van der Waals surface area contributed by atoms with Crippen molar-refractivity contribution in [2.75, 3.05) is 4.90 Å². The molecule has 4 aromatic rings. The number of aryl methyl sites for hydroxylation is 2. The Hall–Kier alpha value is -4.71. The molecule has 1 fully saturated rings. The van der Waals surface area contributed by atoms with Gasteiger partial charge in [0.1, 0.15) is 23.1 Å². The number of para-hydroxylation sites is 2. The van der Waals surface area contributed by atoms with E-state index in [1.807, 2.05) is 49.4 Å². The first-order chi connectivity index (χ1) is 17.8. The maximum absolute atomic E-state index is 13.9. The number of Topliss-reactive ketones (excluding diaryl/α,β-unsaturated/α-hetero) is 1. The van der Waals surface area contributed by atoms with Crippen molar-refractivity contribution in [1.82, 2.24) is 0 Å². The molecule has 1 aliphatic heterocycles. The summed E-state index contributed by atoms with van der Waals surface area (Å²) >= 11 is 0. The molecule has 0 spiro atoms. The number of halogens is 1. The zero-order chi connectivity index (χ0) is 26.1. The number of hydrogen-bond acceptors (Lipinski definition) is 4. The Labute approximate surface area is 214 Å². The molecule has 5 rings (SSSR count). The molecule has 1 unspecified atom stereocenters. The van der Waals surface area contributed by atoms with Gasteiger partial charge in [-0.25, -0.2) is 4.39 Å². The number of amides is 1. The summed E-state index contributed by atoms with van der Waals surface area (Å²) in [6.45, 7) is 3.42. The van der Waals surface area contributed by atoms with Crippen molar-refractivity contribution in [2.24, 2.45) is 0 Å². The molecule has 1 amide bonds. The lowest BCUT2D eigenvalue weighted by Gasteiger charge is -2.27. The number of ether oxygens (including phenoxy) is 1. The zero-order valence-electron chi connectivity index (χ0n) is 20.3. The van der Waals surface area contributed by atoms with E-state index in [1.165, 1.54) is 23.1 Å². The molecule has 0 aliphatic carbocycles. The third kappa shape index (κ3) is 4.49. The Morgan fingerprint density at radius 1 is 0.811 bits per heavy atom. The minimum absolute atomic E-state index is 0.0730. The van der Waals surface area contributed by atoms with Crippen molar-refractivity contribution in [2.45, 2.75) is 19.9 Å². The van der Waals surface area contributed by atoms with Crippen LogP contribution in [0, 0.1) is 19.7 Å². The van der Waals surface area contributed by atoms with Gasteiger partial charge in [-0.15, -0.1) is 0 Å². The molecule has 1 aliphatic rings. The highest BCUT2D eigenvalue weighted by Gasteiger charge is 2.47. The van der Waals surface area contributed by atoms with Crippen LogP contribution >= 0.6 is 0 Å². The third-order valence-corrected chi connectivity index (χ3v) is 6.40. The molecule has 0 radical (unpaired) electrons. The average molecular weight is 494 g/mol. The maximum atomic E-state index is 13.9. The summed E-state index contributed by atoms with van der Waals surface area (Å²) in [6.07, 6.45) is 0. The summed E-state index contributed by atoms with van der Waals surface area (Å²) in [5, 5.41) is 11.3. The number of hydrogen-bond donors (Lipinski definition) is 1. The van der Waals surface area contributed by atoms with Crippen LogP contribution < -0.4 is 9.64 Å². The number of aliphatic hydroxyl groups is 1. The van der Waals surface area contributed by atoms with Crippen molar-refractivity contribution < 1.29 is 23.8 Å². The number of aliphatic hydroxyl groups excluding tert-OH is 1. The molecular weight excluding hydrogens is 469 g/mol. The molecular formula is C31H24FNO4. The van der Waals surface area contributed by atoms with E-state index in [-0.39, 0.29) is 16.9 Å². The number of benzene rings is 4. The molecule has 4 aromatic carbocycles. The molecule has 0 saturated carbocycles. The van der Waals surface area contributed by atoms with Gasteiger partial charge < -0.3 is 9.84 Å². The maximum Gasteiger partial charge on any atom is 0.300 e. The van der Waals surface area contributed by atoms with Crippen LogP contribution in [0.4, 0.5) is 10.1 Å². The van der Waals surface area contributed by atoms with Crippen LogP contribution in [-0.2, 0) is 9.59 Å². The van der Waals surface area contributed by atoms with E-state index in [2.05, 4.69) is 0 Å². The monoisotopic (exact) mass is 493 g/mol. The quantitative estimate of drug-likeness (QED) is 0.187. The first-order valence-corrected chi connectivity index (χ1v) is 11.8. The molecule has 6 heteroatoms. The molecule has 1 atom stereocenters. The number of rotatable bonds is 5. The van der Waals surface area contributed by atoms with Crippen LogP contribution in [0.3, 0.4) is 0 Å². The fourth-order valence-electron chi connectivity index (χ4n) is 4.55. The van der Waals surface area contributed by atoms with E-state index in [9.17, 15) is 19.1 Å². The SMILES string of the molecule is Cc1cc(/C(O)=C2/C(=O)C(=O)N(c3ccccc3C)C2c2cccc(Oc3ccccc3)c2)ccc1F. The highest BCUT2D eigenvalue weighted by Crippen LogP contribution is 2.44. The fraction of sp³-hybridized carbons (Fsp3) is 0.0968. The van der Waals surface area contributed by atoms with E-state index in [4.69, 9.17) is 4.74 Å². The Kier molecular flexibility index (Phi) is 6.32. The van der Waals surface area contributed by atoms with Gasteiger partial charge in [-0.05, 0) is 79.1 Å². The Balaban J connectivity index is 1.69. The van der Waals surface area contributed by atoms with E-state index < -0.39 is 23.5 Å². The van der Waals surface area contributed by atoms with Gasteiger partial charge in [0.05, 0.1) is 11.6 Å². The lowest BCUT2D eigenvalue weighted by Crippen LogP contribution is -2.30. The summed E-state index contributed by atoms with van der Waals surface area (Å²) < 4.78 is 19.9. The first kappa shape index (κ1) is 24.0. The summed E-state index contributed by atoms with van der Waals surface area (Å²) in [7, 11) is 0. The summed E-state index contributed by atoms with van der Waals surface area (Å²) in [4.78, 5) is 28.2. The molecule has 1 heterocycles. The Morgan fingerprint density at radius 3 is 2.24 bits per heavy atom. The van der Waals surface area contributed by atoms with Gasteiger partial charge in [-0.1, -0.05) is 48.5 Å². The van der Waals surface area contributed by atoms with Crippen LogP contribution in [0.1, 0.15) is 28.3 Å². The second kappa shape index (κ2) is 9.74. The second-order valence-corrected chi connectivity index (χ2v) is 8.91. The lowest BCUT2D eigenvalue weighted by atomic mass is 9.94. The van der Waals surface area contributed by atoms with Gasteiger partial charge in [0, 0.05) is 11.3 Å². The normalized spacial score (nSPS) is 16.7. The van der Waals surface area contributed by atoms with E-state index in [0.717, 1.165) is 5.56 Å². The van der Waals surface area contributed by atoms with Crippen molar-refractivity contribution in [3.05, 3.63) is 131 Å². The highest BCUT2D eigenvalue weighted by molar-refractivity contribution is 6.51. The average Bonchev–Trinajstić information content (AvgIpc) is 3.16. The van der Waals surface area contributed by atoms with Crippen molar-refractivity contribution >= 4 is 23.1 Å². The predicted octanol–water partition coefficient (Wildman–Crippen LogP) is 6.86. The van der Waals surface area contributed by atoms with Crippen molar-refractivity contribution in [3.63, 3.8) is 0 Å². The molecule has 37 heavy (non-hydrogen) atoms. The van der Waals surface area contributed by atoms with E-state index in [0.29, 0.717) is 28.3 Å². The number of carbonyl (C=O) groups excluding carboxylic acids is 2. The van der Waals surface area contributed by atoms with Crippen LogP contribution in [0.25, 0.3) is 5.76 Å². The van der Waals surface area contributed by atoms with Crippen LogP contribution in [0.15, 0.2) is 103 Å². The standard InChI is InChI=1S/C31H24FNO4/c1-19-9-6-7-14-26(19)33-28(21-10-8-13-24(18-21)37-23-11-4-3-5-12-23)27(30(35)31(33)36)29(34)22-15-16-25(32)20(2)17-22/h3-18,28,34H,1-2H3/b29-27-. The molecule has 184 valence electrons. The molecule has 1 saturated heterocycles. The summed E-state index contributed by atoms with van der Waals surface area (Å²) in [5.41, 5.74) is 2.42. The van der Waals surface area contributed by atoms with Gasteiger partial charge in [-0.2, -0.15) is 0 Å². The van der Waals surface area contributed by atoms with Gasteiger partial charge in [-0.3, -0.25) is 14.5 Å². The summed E-state index contributed by atoms with van der Waals surface area (Å²) in [6, 6.07) is 26.7. The number of nitrogens with zero attached hydrogens (tertiary/aromatic N) is 1. The first-order valence-electron chi connectivity index (χ1n) is 11.8.